The highest BCUT2D eigenvalue weighted by molar-refractivity contribution is 7.15. The zero-order valence-corrected chi connectivity index (χ0v) is 9.03. The Labute approximate surface area is 86.8 Å². The number of halogens is 1. The number of aliphatic hydroxyl groups excluding tert-OH is 1. The summed E-state index contributed by atoms with van der Waals surface area (Å²) in [7, 11) is 0. The van der Waals surface area contributed by atoms with E-state index in [2.05, 4.69) is 17.2 Å². The van der Waals surface area contributed by atoms with Crippen molar-refractivity contribution < 1.29 is 5.11 Å². The van der Waals surface area contributed by atoms with Gasteiger partial charge in [-0.25, -0.2) is 4.98 Å². The molecule has 0 aliphatic carbocycles. The summed E-state index contributed by atoms with van der Waals surface area (Å²) in [5.74, 6) is 0. The lowest BCUT2D eigenvalue weighted by Crippen LogP contribution is -2.24. The second kappa shape index (κ2) is 5.54. The minimum Gasteiger partial charge on any atom is -0.394 e. The van der Waals surface area contributed by atoms with Crippen molar-refractivity contribution in [3.63, 3.8) is 0 Å². The minimum atomic E-state index is -0.0718. The normalized spacial score (nSPS) is 13.2. The molecular formula is C8H13ClN2OS. The maximum Gasteiger partial charge on any atom is 0.113 e. The molecule has 0 bridgehead atoms. The zero-order chi connectivity index (χ0) is 9.68. The third kappa shape index (κ3) is 3.23. The summed E-state index contributed by atoms with van der Waals surface area (Å²) < 4.78 is 0.659. The molecule has 74 valence electrons. The fourth-order valence-corrected chi connectivity index (χ4v) is 1.97. The molecule has 0 amide bonds. The topological polar surface area (TPSA) is 45.1 Å². The van der Waals surface area contributed by atoms with Crippen LogP contribution >= 0.6 is 22.9 Å². The number of hydrogen-bond donors (Lipinski definition) is 2. The van der Waals surface area contributed by atoms with Crippen LogP contribution in [0.2, 0.25) is 4.34 Å². The Balaban J connectivity index is 2.56. The Bertz CT molecular complexity index is 254. The molecule has 0 aliphatic rings. The molecule has 3 nitrogen and oxygen atoms in total. The van der Waals surface area contributed by atoms with Crippen LogP contribution in [0.1, 0.15) is 24.4 Å². The van der Waals surface area contributed by atoms with Crippen LogP contribution in [-0.4, -0.2) is 23.2 Å². The first-order valence-corrected chi connectivity index (χ1v) is 5.42. The molecule has 0 saturated carbocycles. The molecule has 1 rings (SSSR count). The maximum absolute atomic E-state index is 9.08. The lowest BCUT2D eigenvalue weighted by Gasteiger charge is -2.12. The van der Waals surface area contributed by atoms with E-state index >= 15 is 0 Å². The lowest BCUT2D eigenvalue weighted by atomic mass is 10.3. The van der Waals surface area contributed by atoms with Gasteiger partial charge in [0.2, 0.25) is 0 Å². The van der Waals surface area contributed by atoms with Gasteiger partial charge in [0.15, 0.2) is 0 Å². The first-order valence-electron chi connectivity index (χ1n) is 4.23. The van der Waals surface area contributed by atoms with Crippen LogP contribution in [0.25, 0.3) is 0 Å². The van der Waals surface area contributed by atoms with E-state index in [1.807, 2.05) is 0 Å². The zero-order valence-electron chi connectivity index (χ0n) is 7.46. The summed E-state index contributed by atoms with van der Waals surface area (Å²) in [6.07, 6.45) is 2.65. The van der Waals surface area contributed by atoms with Gasteiger partial charge in [0.25, 0.3) is 0 Å². The van der Waals surface area contributed by atoms with Crippen molar-refractivity contribution in [3.05, 3.63) is 15.5 Å². The van der Waals surface area contributed by atoms with Crippen molar-refractivity contribution in [1.29, 1.82) is 0 Å². The summed E-state index contributed by atoms with van der Waals surface area (Å²) in [6, 6.07) is -0.0718. The first kappa shape index (κ1) is 10.9. The minimum absolute atomic E-state index is 0.0594. The predicted octanol–water partition coefficient (Wildman–Crippen LogP) is 1.83. The number of nitrogens with one attached hydrogen (secondary N) is 1. The average molecular weight is 221 g/mol. The molecule has 0 saturated heterocycles. The van der Waals surface area contributed by atoms with Gasteiger partial charge in [-0.1, -0.05) is 18.5 Å². The summed E-state index contributed by atoms with van der Waals surface area (Å²) in [5.41, 5.74) is 0. The van der Waals surface area contributed by atoms with E-state index in [-0.39, 0.29) is 12.6 Å². The largest absolute Gasteiger partial charge is 0.394 e. The summed E-state index contributed by atoms with van der Waals surface area (Å²) in [5, 5.41) is 13.1. The van der Waals surface area contributed by atoms with E-state index in [4.69, 9.17) is 16.7 Å². The molecule has 1 heterocycles. The summed E-state index contributed by atoms with van der Waals surface area (Å²) in [6.45, 7) is 3.02. The van der Waals surface area contributed by atoms with Crippen molar-refractivity contribution in [3.8, 4) is 0 Å². The molecule has 2 N–H and O–H groups in total. The molecule has 1 atom stereocenters. The lowest BCUT2D eigenvalue weighted by molar-refractivity contribution is 0.244. The predicted molar refractivity (Wildman–Crippen MR) is 55.2 cm³/mol. The fourth-order valence-electron chi connectivity index (χ4n) is 0.977. The highest BCUT2D eigenvalue weighted by Gasteiger charge is 2.12. The molecular weight excluding hydrogens is 208 g/mol. The Hall–Kier alpha value is -0.160. The number of hydrogen-bond acceptors (Lipinski definition) is 4. The monoisotopic (exact) mass is 220 g/mol. The molecule has 0 aliphatic heterocycles. The van der Waals surface area contributed by atoms with Crippen LogP contribution in [0, 0.1) is 0 Å². The highest BCUT2D eigenvalue weighted by Crippen LogP contribution is 2.23. The third-order valence-corrected chi connectivity index (χ3v) is 2.85. The number of thiazole rings is 1. The number of aliphatic hydroxyl groups is 1. The van der Waals surface area contributed by atoms with Gasteiger partial charge in [0, 0.05) is 0 Å². The third-order valence-electron chi connectivity index (χ3n) is 1.62. The molecule has 1 aromatic heterocycles. The molecule has 13 heavy (non-hydrogen) atoms. The van der Waals surface area contributed by atoms with E-state index in [0.717, 1.165) is 18.0 Å². The van der Waals surface area contributed by atoms with Crippen molar-refractivity contribution in [2.45, 2.75) is 19.4 Å². The Morgan fingerprint density at radius 2 is 2.54 bits per heavy atom. The van der Waals surface area contributed by atoms with Gasteiger partial charge in [-0.15, -0.1) is 11.3 Å². The Kier molecular flexibility index (Phi) is 4.66. The van der Waals surface area contributed by atoms with E-state index in [9.17, 15) is 0 Å². The molecule has 0 aromatic carbocycles. The van der Waals surface area contributed by atoms with E-state index in [0.29, 0.717) is 4.34 Å². The smallest absolute Gasteiger partial charge is 0.113 e. The van der Waals surface area contributed by atoms with Gasteiger partial charge < -0.3 is 10.4 Å². The Morgan fingerprint density at radius 3 is 3.00 bits per heavy atom. The molecule has 0 spiro atoms. The van der Waals surface area contributed by atoms with Gasteiger partial charge in [0.1, 0.15) is 9.34 Å². The van der Waals surface area contributed by atoms with Gasteiger partial charge >= 0.3 is 0 Å². The standard InChI is InChI=1S/C8H13ClN2OS/c1-2-3-10-6(5-12)8-11-4-7(9)13-8/h4,6,10,12H,2-3,5H2,1H3. The molecule has 5 heteroatoms. The van der Waals surface area contributed by atoms with Gasteiger partial charge in [0.05, 0.1) is 18.8 Å². The SMILES string of the molecule is CCCNC(CO)c1ncc(Cl)s1. The summed E-state index contributed by atoms with van der Waals surface area (Å²) in [4.78, 5) is 4.10. The van der Waals surface area contributed by atoms with Crippen molar-refractivity contribution in [2.75, 3.05) is 13.2 Å². The van der Waals surface area contributed by atoms with Gasteiger partial charge in [-0.05, 0) is 13.0 Å². The van der Waals surface area contributed by atoms with Crippen molar-refractivity contribution >= 4 is 22.9 Å². The van der Waals surface area contributed by atoms with Crippen LogP contribution < -0.4 is 5.32 Å². The van der Waals surface area contributed by atoms with E-state index in [1.54, 1.807) is 6.20 Å². The maximum atomic E-state index is 9.08. The molecule has 1 unspecified atom stereocenters. The Morgan fingerprint density at radius 1 is 1.77 bits per heavy atom. The highest BCUT2D eigenvalue weighted by atomic mass is 35.5. The fraction of sp³-hybridized carbons (Fsp3) is 0.625. The second-order valence-corrected chi connectivity index (χ2v) is 4.39. The first-order chi connectivity index (χ1) is 6.27. The van der Waals surface area contributed by atoms with Crippen LogP contribution in [0.15, 0.2) is 6.20 Å². The molecule has 0 radical (unpaired) electrons. The van der Waals surface area contributed by atoms with E-state index < -0.39 is 0 Å². The number of aromatic nitrogens is 1. The number of nitrogens with zero attached hydrogens (tertiary/aromatic N) is 1. The van der Waals surface area contributed by atoms with Crippen LogP contribution in [0.5, 0.6) is 0 Å². The van der Waals surface area contributed by atoms with Crippen molar-refractivity contribution in [2.24, 2.45) is 0 Å². The van der Waals surface area contributed by atoms with Crippen LogP contribution in [-0.2, 0) is 0 Å². The van der Waals surface area contributed by atoms with E-state index in [1.165, 1.54) is 11.3 Å². The van der Waals surface area contributed by atoms with Crippen LogP contribution in [0.3, 0.4) is 0 Å². The summed E-state index contributed by atoms with van der Waals surface area (Å²) >= 11 is 7.14. The van der Waals surface area contributed by atoms with Gasteiger partial charge in [-0.2, -0.15) is 0 Å². The quantitative estimate of drug-likeness (QED) is 0.796. The van der Waals surface area contributed by atoms with Crippen molar-refractivity contribution in [1.82, 2.24) is 10.3 Å². The van der Waals surface area contributed by atoms with Gasteiger partial charge in [-0.3, -0.25) is 0 Å². The second-order valence-electron chi connectivity index (χ2n) is 2.69. The average Bonchev–Trinajstić information content (AvgIpc) is 2.54. The molecule has 1 aromatic rings. The molecule has 0 fully saturated rings. The number of rotatable bonds is 5. The van der Waals surface area contributed by atoms with Crippen LogP contribution in [0.4, 0.5) is 0 Å².